The van der Waals surface area contributed by atoms with Gasteiger partial charge in [-0.05, 0) is 0 Å². The van der Waals surface area contributed by atoms with Crippen LogP contribution in [0.4, 0.5) is 17.3 Å². The van der Waals surface area contributed by atoms with Gasteiger partial charge in [0.2, 0.25) is 0 Å². The van der Waals surface area contributed by atoms with Crippen LogP contribution in [0.5, 0.6) is 0 Å². The minimum Gasteiger partial charge on any atom is -0.418 e. The first-order valence-corrected chi connectivity index (χ1v) is 9.25. The Morgan fingerprint density at radius 1 is 0.636 bits per heavy atom. The van der Waals surface area contributed by atoms with E-state index in [1.807, 2.05) is 0 Å². The van der Waals surface area contributed by atoms with Crippen molar-refractivity contribution in [1.29, 1.82) is 0 Å². The molecule has 2 aliphatic rings. The number of hydrogen-bond acceptors (Lipinski definition) is 0. The van der Waals surface area contributed by atoms with Gasteiger partial charge in [-0.25, -0.2) is 0 Å². The third kappa shape index (κ3) is 12.0. The second-order valence-electron chi connectivity index (χ2n) is 5.00. The maximum absolute atomic E-state index is 9.75. The van der Waals surface area contributed by atoms with E-state index < -0.39 is 7.25 Å². The first-order chi connectivity index (χ1) is 10.4. The third-order valence-electron chi connectivity index (χ3n) is 3.00. The van der Waals surface area contributed by atoms with E-state index >= 15 is 0 Å². The number of halogens is 4. The van der Waals surface area contributed by atoms with Gasteiger partial charge in [0, 0.05) is 0 Å². The normalized spacial score (nSPS) is 19.8. The van der Waals surface area contributed by atoms with Crippen molar-refractivity contribution >= 4 is 7.25 Å². The molecule has 0 saturated carbocycles. The topological polar surface area (TPSA) is 0 Å². The van der Waals surface area contributed by atoms with E-state index in [1.54, 1.807) is 8.33 Å². The van der Waals surface area contributed by atoms with Gasteiger partial charge in [0.05, 0.1) is 0 Å². The van der Waals surface area contributed by atoms with Crippen molar-refractivity contribution in [2.24, 2.45) is 0 Å². The van der Waals surface area contributed by atoms with Crippen molar-refractivity contribution in [3.8, 4) is 0 Å². The van der Waals surface area contributed by atoms with Crippen molar-refractivity contribution in [3.63, 3.8) is 0 Å². The smallest absolute Gasteiger partial charge is 0.418 e. The van der Waals surface area contributed by atoms with Crippen molar-refractivity contribution < 1.29 is 34.4 Å². The van der Waals surface area contributed by atoms with Gasteiger partial charge in [0.25, 0.3) is 0 Å². The average molecular weight is 404 g/mol. The van der Waals surface area contributed by atoms with E-state index in [9.17, 15) is 17.3 Å². The minimum absolute atomic E-state index is 0.563. The maximum atomic E-state index is 9.75. The number of rotatable bonds is 2. The van der Waals surface area contributed by atoms with E-state index in [2.05, 4.69) is 36.5 Å². The molecule has 0 amide bonds. The van der Waals surface area contributed by atoms with Gasteiger partial charge >= 0.3 is 121 Å². The minimum atomic E-state index is -6.00. The molecule has 2 rings (SSSR count). The van der Waals surface area contributed by atoms with Crippen molar-refractivity contribution in [1.82, 2.24) is 0 Å². The summed E-state index contributed by atoms with van der Waals surface area (Å²) in [5.41, 5.74) is 0. The fraction of sp³-hybridized carbons (Fsp3) is 0.500. The van der Waals surface area contributed by atoms with E-state index in [1.165, 1.54) is 51.4 Å². The predicted octanol–water partition coefficient (Wildman–Crippen LogP) is 6.40. The Morgan fingerprint density at radius 3 is 1.41 bits per heavy atom. The molecule has 0 unspecified atom stereocenters. The fourth-order valence-corrected chi connectivity index (χ4v) is 4.42. The van der Waals surface area contributed by atoms with Crippen LogP contribution in [0.3, 0.4) is 0 Å². The number of hydrogen-bond donors (Lipinski definition) is 0. The van der Waals surface area contributed by atoms with Crippen LogP contribution in [0.25, 0.3) is 0 Å². The Labute approximate surface area is 138 Å². The predicted molar refractivity (Wildman–Crippen MR) is 81.6 cm³/mol. The van der Waals surface area contributed by atoms with Crippen LogP contribution in [0.1, 0.15) is 51.4 Å². The molecule has 0 fully saturated rings. The molecular formula is C16H22BF4Rh-. The molecule has 0 aromatic carbocycles. The zero-order valence-electron chi connectivity index (χ0n) is 12.5. The molecule has 0 aliphatic heterocycles. The quantitative estimate of drug-likeness (QED) is 0.284. The molecule has 6 heteroatoms. The standard InChI is InChI=1S/2C8H11.BF4.Rh/c2*1-2-4-6-8-7-5-3-1;2-1(3,4)5;/h2*1-2,7H,3-6H2;;/q;;-1;. The zero-order chi connectivity index (χ0) is 16.3. The molecule has 0 saturated heterocycles. The molecule has 0 spiro atoms. The van der Waals surface area contributed by atoms with Crippen LogP contribution in [0.2, 0.25) is 0 Å². The molecule has 0 heterocycles. The van der Waals surface area contributed by atoms with Gasteiger partial charge in [-0.15, -0.1) is 0 Å². The van der Waals surface area contributed by atoms with Crippen molar-refractivity contribution in [2.45, 2.75) is 51.4 Å². The summed E-state index contributed by atoms with van der Waals surface area (Å²) in [6.45, 7) is 0. The van der Waals surface area contributed by atoms with Gasteiger partial charge in [-0.3, -0.25) is 0 Å². The zero-order valence-corrected chi connectivity index (χ0v) is 14.2. The Hall–Kier alpha value is -0.632. The first-order valence-electron chi connectivity index (χ1n) is 7.61. The van der Waals surface area contributed by atoms with Crippen molar-refractivity contribution in [3.05, 3.63) is 44.8 Å². The molecule has 0 nitrogen and oxygen atoms in total. The summed E-state index contributed by atoms with van der Waals surface area (Å²) >= 11 is 0.563. The maximum Gasteiger partial charge on any atom is 0.673 e. The second-order valence-corrected chi connectivity index (χ2v) is 7.51. The van der Waals surface area contributed by atoms with E-state index in [0.29, 0.717) is 17.1 Å². The molecule has 0 aromatic heterocycles. The van der Waals surface area contributed by atoms with Gasteiger partial charge in [-0.2, -0.15) is 0 Å². The van der Waals surface area contributed by atoms with Gasteiger partial charge in [0.1, 0.15) is 0 Å². The molecule has 2 aliphatic carbocycles. The van der Waals surface area contributed by atoms with Gasteiger partial charge in [0.15, 0.2) is 0 Å². The van der Waals surface area contributed by atoms with Crippen LogP contribution in [0.15, 0.2) is 44.8 Å². The molecule has 127 valence electrons. The van der Waals surface area contributed by atoms with E-state index in [4.69, 9.17) is 0 Å². The Kier molecular flexibility index (Phi) is 9.70. The molecule has 0 aromatic rings. The number of allylic oxidation sites excluding steroid dienone is 8. The average Bonchev–Trinajstić information content (AvgIpc) is 2.32. The first kappa shape index (κ1) is 19.4. The molecule has 0 radical (unpaired) electrons. The molecule has 22 heavy (non-hydrogen) atoms. The third-order valence-corrected chi connectivity index (χ3v) is 5.55. The summed E-state index contributed by atoms with van der Waals surface area (Å²) in [7, 11) is -6.00. The summed E-state index contributed by atoms with van der Waals surface area (Å²) < 4.78 is 42.5. The fourth-order valence-electron chi connectivity index (χ4n) is 2.05. The molecule has 0 atom stereocenters. The monoisotopic (exact) mass is 404 g/mol. The van der Waals surface area contributed by atoms with Crippen LogP contribution in [-0.4, -0.2) is 7.25 Å². The van der Waals surface area contributed by atoms with Gasteiger partial charge < -0.3 is 17.3 Å². The van der Waals surface area contributed by atoms with Gasteiger partial charge in [-0.1, -0.05) is 0 Å². The van der Waals surface area contributed by atoms with Crippen LogP contribution in [-0.2, 0) is 17.1 Å². The molecule has 0 bridgehead atoms. The Bertz CT molecular complexity index is 396. The van der Waals surface area contributed by atoms with Crippen LogP contribution < -0.4 is 0 Å². The van der Waals surface area contributed by atoms with E-state index in [-0.39, 0.29) is 0 Å². The SMILES string of the molecule is C1=CCC[C]([Rh][C]2=CCCC=CCC2)=CCC1.F[B-](F)(F)F. The molecular weight excluding hydrogens is 382 g/mol. The second kappa shape index (κ2) is 11.0. The van der Waals surface area contributed by atoms with Crippen molar-refractivity contribution in [2.75, 3.05) is 0 Å². The Morgan fingerprint density at radius 2 is 1.00 bits per heavy atom. The Balaban J connectivity index is 0.000000422. The van der Waals surface area contributed by atoms with E-state index in [0.717, 1.165) is 0 Å². The van der Waals surface area contributed by atoms with Crippen LogP contribution in [0, 0.1) is 0 Å². The summed E-state index contributed by atoms with van der Waals surface area (Å²) in [4.78, 5) is 0. The van der Waals surface area contributed by atoms with Crippen LogP contribution >= 0.6 is 0 Å². The summed E-state index contributed by atoms with van der Waals surface area (Å²) in [5.74, 6) is 0. The summed E-state index contributed by atoms with van der Waals surface area (Å²) in [6, 6.07) is 0. The molecule has 0 N–H and O–H groups in total. The summed E-state index contributed by atoms with van der Waals surface area (Å²) in [5, 5.41) is 0. The summed E-state index contributed by atoms with van der Waals surface area (Å²) in [6.07, 6.45) is 24.5. The largest absolute Gasteiger partial charge is 0.673 e.